The molecular formula is C22H27IN4O. The Labute approximate surface area is 183 Å². The second kappa shape index (κ2) is 9.41. The van der Waals surface area contributed by atoms with Crippen molar-refractivity contribution >= 4 is 41.5 Å². The van der Waals surface area contributed by atoms with Gasteiger partial charge in [-0.25, -0.2) is 4.99 Å². The van der Waals surface area contributed by atoms with Crippen molar-refractivity contribution in [2.75, 3.05) is 11.9 Å². The lowest BCUT2D eigenvalue weighted by molar-refractivity contribution is -0.128. The van der Waals surface area contributed by atoms with E-state index in [4.69, 9.17) is 5.73 Å². The van der Waals surface area contributed by atoms with Gasteiger partial charge in [-0.2, -0.15) is 0 Å². The van der Waals surface area contributed by atoms with Gasteiger partial charge in [0.15, 0.2) is 5.96 Å². The number of fused-ring (bicyclic) bond motifs is 1. The Hall–Kier alpha value is -2.09. The minimum absolute atomic E-state index is 0. The number of aryl methyl sites for hydroxylation is 2. The van der Waals surface area contributed by atoms with E-state index in [9.17, 15) is 4.79 Å². The topological polar surface area (TPSA) is 70.7 Å². The van der Waals surface area contributed by atoms with Gasteiger partial charge in [0.1, 0.15) is 0 Å². The number of nitrogens with zero attached hydrogens (tertiary/aromatic N) is 2. The molecule has 1 aliphatic carbocycles. The van der Waals surface area contributed by atoms with Crippen LogP contribution in [0.25, 0.3) is 0 Å². The normalized spacial score (nSPS) is 16.1. The summed E-state index contributed by atoms with van der Waals surface area (Å²) in [4.78, 5) is 18.4. The summed E-state index contributed by atoms with van der Waals surface area (Å²) in [5.41, 5.74) is 12.2. The molecule has 4 rings (SSSR count). The predicted octanol–water partition coefficient (Wildman–Crippen LogP) is 3.84. The second-order valence-corrected chi connectivity index (χ2v) is 7.35. The van der Waals surface area contributed by atoms with Gasteiger partial charge in [0.05, 0.1) is 6.54 Å². The number of nitrogens with one attached hydrogen (secondary N) is 1. The number of hydrogen-bond donors (Lipinski definition) is 2. The molecule has 1 heterocycles. The molecule has 0 aromatic heterocycles. The van der Waals surface area contributed by atoms with Crippen LogP contribution in [0.4, 0.5) is 5.69 Å². The van der Waals surface area contributed by atoms with Gasteiger partial charge in [0, 0.05) is 25.2 Å². The van der Waals surface area contributed by atoms with Crippen LogP contribution in [0, 0.1) is 0 Å². The van der Waals surface area contributed by atoms with Crippen molar-refractivity contribution in [3.05, 3.63) is 64.7 Å². The first-order chi connectivity index (χ1) is 13.2. The van der Waals surface area contributed by atoms with Crippen LogP contribution in [0.15, 0.2) is 47.5 Å². The van der Waals surface area contributed by atoms with Gasteiger partial charge in [0.2, 0.25) is 5.91 Å². The first kappa shape index (κ1) is 20.6. The fraction of sp³-hybridized carbons (Fsp3) is 0.364. The summed E-state index contributed by atoms with van der Waals surface area (Å²) >= 11 is 0. The molecule has 28 heavy (non-hydrogen) atoms. The molecule has 1 saturated heterocycles. The lowest BCUT2D eigenvalue weighted by Gasteiger charge is -2.17. The zero-order valence-electron chi connectivity index (χ0n) is 16.0. The molecule has 0 radical (unpaired) electrons. The Morgan fingerprint density at radius 2 is 1.82 bits per heavy atom. The minimum Gasteiger partial charge on any atom is -0.370 e. The molecular weight excluding hydrogens is 463 g/mol. The number of aliphatic imine (C=N–C) groups is 1. The van der Waals surface area contributed by atoms with Crippen LogP contribution in [0.1, 0.15) is 41.5 Å². The zero-order valence-corrected chi connectivity index (χ0v) is 18.3. The Balaban J connectivity index is 0.00000225. The largest absolute Gasteiger partial charge is 0.370 e. The second-order valence-electron chi connectivity index (χ2n) is 7.35. The number of carbonyl (C=O) groups is 1. The third-order valence-corrected chi connectivity index (χ3v) is 5.44. The highest BCUT2D eigenvalue weighted by atomic mass is 127. The van der Waals surface area contributed by atoms with Crippen LogP contribution in [0.3, 0.4) is 0 Å². The number of likely N-dealkylation sites (tertiary alicyclic amines) is 1. The number of carbonyl (C=O) groups excluding carboxylic acids is 1. The lowest BCUT2D eigenvalue weighted by atomic mass is 10.1. The smallest absolute Gasteiger partial charge is 0.222 e. The van der Waals surface area contributed by atoms with Gasteiger partial charge < -0.3 is 16.0 Å². The fourth-order valence-corrected chi connectivity index (χ4v) is 3.95. The quantitative estimate of drug-likeness (QED) is 0.380. The first-order valence-corrected chi connectivity index (χ1v) is 9.72. The van der Waals surface area contributed by atoms with Crippen LogP contribution < -0.4 is 11.1 Å². The maximum absolute atomic E-state index is 11.9. The van der Waals surface area contributed by atoms with Gasteiger partial charge in [-0.05, 0) is 60.1 Å². The molecule has 3 N–H and O–H groups in total. The molecule has 148 valence electrons. The van der Waals surface area contributed by atoms with Crippen molar-refractivity contribution in [1.82, 2.24) is 4.90 Å². The number of amides is 1. The summed E-state index contributed by atoms with van der Waals surface area (Å²) in [6.45, 7) is 2.00. The molecule has 6 heteroatoms. The van der Waals surface area contributed by atoms with Crippen molar-refractivity contribution in [3.63, 3.8) is 0 Å². The van der Waals surface area contributed by atoms with Gasteiger partial charge in [-0.1, -0.05) is 30.3 Å². The third-order valence-electron chi connectivity index (χ3n) is 5.44. The van der Waals surface area contributed by atoms with E-state index in [1.54, 1.807) is 0 Å². The highest BCUT2D eigenvalue weighted by molar-refractivity contribution is 14.0. The highest BCUT2D eigenvalue weighted by Crippen LogP contribution is 2.25. The van der Waals surface area contributed by atoms with Crippen molar-refractivity contribution in [1.29, 1.82) is 0 Å². The Morgan fingerprint density at radius 1 is 1.04 bits per heavy atom. The van der Waals surface area contributed by atoms with Gasteiger partial charge >= 0.3 is 0 Å². The van der Waals surface area contributed by atoms with Crippen LogP contribution in [-0.4, -0.2) is 23.3 Å². The summed E-state index contributed by atoms with van der Waals surface area (Å²) in [7, 11) is 0. The number of rotatable bonds is 5. The number of hydrogen-bond acceptors (Lipinski definition) is 2. The summed E-state index contributed by atoms with van der Waals surface area (Å²) in [6, 6.07) is 14.6. The third kappa shape index (κ3) is 4.84. The van der Waals surface area contributed by atoms with Crippen molar-refractivity contribution in [2.24, 2.45) is 10.7 Å². The highest BCUT2D eigenvalue weighted by Gasteiger charge is 2.20. The molecule has 2 aromatic rings. The van der Waals surface area contributed by atoms with Gasteiger partial charge in [0.25, 0.3) is 0 Å². The van der Waals surface area contributed by atoms with Crippen LogP contribution >= 0.6 is 24.0 Å². The molecule has 0 atom stereocenters. The summed E-state index contributed by atoms with van der Waals surface area (Å²) in [5, 5.41) is 3.20. The van der Waals surface area contributed by atoms with Crippen LogP contribution in [-0.2, 0) is 30.7 Å². The minimum atomic E-state index is 0. The molecule has 1 fully saturated rings. The molecule has 2 aliphatic rings. The van der Waals surface area contributed by atoms with Gasteiger partial charge in [-0.15, -0.1) is 24.0 Å². The maximum atomic E-state index is 11.9. The standard InChI is InChI=1S/C22H26N4O.HI/c23-22(25-20-11-10-16-7-3-8-17(16)13-20)24-14-18-5-1-2-6-19(18)15-26-12-4-9-21(26)27;/h1-2,5-6,10-11,13H,3-4,7-9,12,14-15H2,(H3,23,24,25);1H. The molecule has 5 nitrogen and oxygen atoms in total. The molecule has 0 saturated carbocycles. The van der Waals surface area contributed by atoms with Crippen LogP contribution in [0.5, 0.6) is 0 Å². The maximum Gasteiger partial charge on any atom is 0.222 e. The predicted molar refractivity (Wildman–Crippen MR) is 124 cm³/mol. The van der Waals surface area contributed by atoms with E-state index < -0.39 is 0 Å². The zero-order chi connectivity index (χ0) is 18.6. The number of anilines is 1. The average molecular weight is 490 g/mol. The Morgan fingerprint density at radius 3 is 2.61 bits per heavy atom. The van der Waals surface area contributed by atoms with Crippen molar-refractivity contribution < 1.29 is 4.79 Å². The number of halogens is 1. The van der Waals surface area contributed by atoms with Crippen molar-refractivity contribution in [2.45, 2.75) is 45.2 Å². The lowest BCUT2D eigenvalue weighted by Crippen LogP contribution is -2.25. The van der Waals surface area contributed by atoms with E-state index in [0.717, 1.165) is 36.2 Å². The van der Waals surface area contributed by atoms with E-state index in [0.29, 0.717) is 25.5 Å². The number of benzene rings is 2. The summed E-state index contributed by atoms with van der Waals surface area (Å²) in [6.07, 6.45) is 5.17. The molecule has 0 unspecified atom stereocenters. The SMILES string of the molecule is I.NC(=NCc1ccccc1CN1CCCC1=O)Nc1ccc2c(c1)CCC2. The fourth-order valence-electron chi connectivity index (χ4n) is 3.95. The molecule has 0 bridgehead atoms. The Bertz CT molecular complexity index is 881. The summed E-state index contributed by atoms with van der Waals surface area (Å²) in [5.74, 6) is 0.658. The van der Waals surface area contributed by atoms with E-state index >= 15 is 0 Å². The van der Waals surface area contributed by atoms with E-state index in [2.05, 4.69) is 40.6 Å². The number of nitrogens with two attached hydrogens (primary N) is 1. The monoisotopic (exact) mass is 490 g/mol. The average Bonchev–Trinajstić information content (AvgIpc) is 3.30. The number of guanidine groups is 1. The molecule has 0 spiro atoms. The Kier molecular flexibility index (Phi) is 6.93. The first-order valence-electron chi connectivity index (χ1n) is 9.72. The van der Waals surface area contributed by atoms with E-state index in [1.807, 2.05) is 17.0 Å². The van der Waals surface area contributed by atoms with Crippen LogP contribution in [0.2, 0.25) is 0 Å². The van der Waals surface area contributed by atoms with Gasteiger partial charge in [-0.3, -0.25) is 4.79 Å². The van der Waals surface area contributed by atoms with E-state index in [1.165, 1.54) is 24.0 Å². The van der Waals surface area contributed by atoms with Crippen molar-refractivity contribution in [3.8, 4) is 0 Å². The van der Waals surface area contributed by atoms with E-state index in [-0.39, 0.29) is 29.9 Å². The molecule has 1 aliphatic heterocycles. The molecule has 2 aromatic carbocycles. The summed E-state index contributed by atoms with van der Waals surface area (Å²) < 4.78 is 0. The molecule has 1 amide bonds.